The van der Waals surface area contributed by atoms with Crippen molar-refractivity contribution in [3.8, 4) is 0 Å². The van der Waals surface area contributed by atoms with Crippen molar-refractivity contribution in [2.45, 2.75) is 71.1 Å². The van der Waals surface area contributed by atoms with Gasteiger partial charge in [-0.25, -0.2) is 4.79 Å². The molecule has 0 spiro atoms. The highest BCUT2D eigenvalue weighted by atomic mass is 16.4. The van der Waals surface area contributed by atoms with Crippen LogP contribution in [0, 0.1) is 11.8 Å². The van der Waals surface area contributed by atoms with Crippen LogP contribution in [0.15, 0.2) is 0 Å². The monoisotopic (exact) mass is 459 g/mol. The summed E-state index contributed by atoms with van der Waals surface area (Å²) in [6.07, 6.45) is -0.789. The van der Waals surface area contributed by atoms with Gasteiger partial charge >= 0.3 is 11.9 Å². The predicted molar refractivity (Wildman–Crippen MR) is 112 cm³/mol. The zero-order valence-electron chi connectivity index (χ0n) is 18.6. The van der Waals surface area contributed by atoms with Gasteiger partial charge in [-0.05, 0) is 11.8 Å². The van der Waals surface area contributed by atoms with Crippen LogP contribution < -0.4 is 27.4 Å². The SMILES string of the molecule is CCC(C)C(NC(=O)C(N)CC(N)=O)C(=O)NC(C(=O)NC(CC(=O)O)C(=O)O)C(C)C. The van der Waals surface area contributed by atoms with E-state index in [4.69, 9.17) is 21.7 Å². The Kier molecular flexibility index (Phi) is 11.9. The van der Waals surface area contributed by atoms with E-state index in [1.54, 1.807) is 27.7 Å². The quantitative estimate of drug-likeness (QED) is 0.151. The number of nitrogens with two attached hydrogens (primary N) is 2. The van der Waals surface area contributed by atoms with Crippen LogP contribution >= 0.6 is 0 Å². The lowest BCUT2D eigenvalue weighted by molar-refractivity contribution is -0.147. The number of hydrogen-bond donors (Lipinski definition) is 7. The summed E-state index contributed by atoms with van der Waals surface area (Å²) in [4.78, 5) is 70.8. The third-order valence-corrected chi connectivity index (χ3v) is 4.79. The average molecular weight is 460 g/mol. The van der Waals surface area contributed by atoms with Gasteiger partial charge in [0.2, 0.25) is 23.6 Å². The van der Waals surface area contributed by atoms with Crippen LogP contribution in [0.2, 0.25) is 0 Å². The Morgan fingerprint density at radius 2 is 1.31 bits per heavy atom. The number of carbonyl (C=O) groups excluding carboxylic acids is 4. The Morgan fingerprint density at radius 1 is 0.812 bits per heavy atom. The van der Waals surface area contributed by atoms with Crippen LogP contribution in [0.1, 0.15) is 47.0 Å². The number of rotatable bonds is 14. The van der Waals surface area contributed by atoms with E-state index in [2.05, 4.69) is 16.0 Å². The zero-order valence-corrected chi connectivity index (χ0v) is 18.6. The van der Waals surface area contributed by atoms with E-state index in [9.17, 15) is 28.8 Å². The first-order valence-corrected chi connectivity index (χ1v) is 10.1. The number of amides is 4. The molecular formula is C19H33N5O8. The fraction of sp³-hybridized carbons (Fsp3) is 0.684. The van der Waals surface area contributed by atoms with Gasteiger partial charge in [-0.15, -0.1) is 0 Å². The molecule has 0 aliphatic rings. The van der Waals surface area contributed by atoms with Gasteiger partial charge in [-0.2, -0.15) is 0 Å². The summed E-state index contributed by atoms with van der Waals surface area (Å²) in [5.41, 5.74) is 10.6. The highest BCUT2D eigenvalue weighted by molar-refractivity contribution is 5.95. The molecule has 0 radical (unpaired) electrons. The van der Waals surface area contributed by atoms with Crippen molar-refractivity contribution in [1.29, 1.82) is 0 Å². The summed E-state index contributed by atoms with van der Waals surface area (Å²) in [6, 6.07) is -5.26. The molecule has 32 heavy (non-hydrogen) atoms. The van der Waals surface area contributed by atoms with Crippen molar-refractivity contribution in [2.24, 2.45) is 23.3 Å². The van der Waals surface area contributed by atoms with E-state index in [1.807, 2.05) is 0 Å². The van der Waals surface area contributed by atoms with Crippen LogP contribution in [0.4, 0.5) is 0 Å². The van der Waals surface area contributed by atoms with Crippen LogP contribution in [0.5, 0.6) is 0 Å². The molecule has 5 unspecified atom stereocenters. The highest BCUT2D eigenvalue weighted by Gasteiger charge is 2.34. The minimum atomic E-state index is -1.69. The Hall–Kier alpha value is -3.22. The van der Waals surface area contributed by atoms with E-state index in [1.165, 1.54) is 0 Å². The number of aliphatic carboxylic acids is 2. The molecule has 9 N–H and O–H groups in total. The zero-order chi connectivity index (χ0) is 25.2. The molecule has 0 aliphatic heterocycles. The molecule has 5 atom stereocenters. The van der Waals surface area contributed by atoms with Crippen LogP contribution in [-0.2, 0) is 28.8 Å². The molecule has 0 aromatic rings. The molecule has 4 amide bonds. The first kappa shape index (κ1) is 28.8. The van der Waals surface area contributed by atoms with E-state index in [0.29, 0.717) is 6.42 Å². The maximum Gasteiger partial charge on any atom is 0.326 e. The number of hydrogen-bond acceptors (Lipinski definition) is 7. The minimum absolute atomic E-state index is 0.380. The molecule has 0 rings (SSSR count). The molecule has 0 aromatic carbocycles. The number of carboxylic acids is 2. The smallest absolute Gasteiger partial charge is 0.326 e. The molecule has 0 fully saturated rings. The van der Waals surface area contributed by atoms with Gasteiger partial charge in [-0.3, -0.25) is 24.0 Å². The van der Waals surface area contributed by atoms with Crippen molar-refractivity contribution in [2.75, 3.05) is 0 Å². The van der Waals surface area contributed by atoms with Gasteiger partial charge in [0.1, 0.15) is 18.1 Å². The van der Waals surface area contributed by atoms with E-state index < -0.39 is 78.5 Å². The van der Waals surface area contributed by atoms with Crippen molar-refractivity contribution >= 4 is 35.6 Å². The third-order valence-electron chi connectivity index (χ3n) is 4.79. The van der Waals surface area contributed by atoms with Crippen LogP contribution in [0.25, 0.3) is 0 Å². The maximum absolute atomic E-state index is 12.9. The van der Waals surface area contributed by atoms with Crippen LogP contribution in [0.3, 0.4) is 0 Å². The topological polar surface area (TPSA) is 231 Å². The van der Waals surface area contributed by atoms with Crippen molar-refractivity contribution in [3.63, 3.8) is 0 Å². The van der Waals surface area contributed by atoms with Gasteiger partial charge in [0.05, 0.1) is 18.9 Å². The predicted octanol–water partition coefficient (Wildman–Crippen LogP) is -2.10. The Labute approximate surface area is 185 Å². The molecule has 0 bridgehead atoms. The Balaban J connectivity index is 5.51. The molecule has 182 valence electrons. The maximum atomic E-state index is 12.9. The first-order valence-electron chi connectivity index (χ1n) is 10.1. The number of carboxylic acid groups (broad SMARTS) is 2. The second kappa shape index (κ2) is 13.2. The molecule has 0 saturated heterocycles. The van der Waals surface area contributed by atoms with Crippen LogP contribution in [-0.4, -0.2) is 69.9 Å². The summed E-state index contributed by atoms with van der Waals surface area (Å²) in [6.45, 7) is 6.65. The fourth-order valence-corrected chi connectivity index (χ4v) is 2.69. The number of nitrogens with one attached hydrogen (secondary N) is 3. The van der Waals surface area contributed by atoms with Crippen molar-refractivity contribution < 1.29 is 39.0 Å². The Bertz CT molecular complexity index is 727. The van der Waals surface area contributed by atoms with Gasteiger partial charge in [0.25, 0.3) is 0 Å². The lowest BCUT2D eigenvalue weighted by Crippen LogP contribution is -2.60. The van der Waals surface area contributed by atoms with Gasteiger partial charge in [0.15, 0.2) is 0 Å². The second-order valence-electron chi connectivity index (χ2n) is 7.88. The number of carbonyl (C=O) groups is 6. The summed E-state index contributed by atoms with van der Waals surface area (Å²) >= 11 is 0. The summed E-state index contributed by atoms with van der Waals surface area (Å²) in [5.74, 6) is -7.01. The molecule has 0 aliphatic carbocycles. The lowest BCUT2D eigenvalue weighted by atomic mass is 9.96. The van der Waals surface area contributed by atoms with Gasteiger partial charge < -0.3 is 37.6 Å². The van der Waals surface area contributed by atoms with Crippen molar-refractivity contribution in [3.05, 3.63) is 0 Å². The molecule has 0 heterocycles. The largest absolute Gasteiger partial charge is 0.481 e. The summed E-state index contributed by atoms with van der Waals surface area (Å²) < 4.78 is 0. The first-order chi connectivity index (χ1) is 14.7. The average Bonchev–Trinajstić information content (AvgIpc) is 2.67. The Morgan fingerprint density at radius 3 is 1.72 bits per heavy atom. The van der Waals surface area contributed by atoms with E-state index in [0.717, 1.165) is 0 Å². The lowest BCUT2D eigenvalue weighted by Gasteiger charge is -2.29. The minimum Gasteiger partial charge on any atom is -0.481 e. The van der Waals surface area contributed by atoms with E-state index in [-0.39, 0.29) is 5.92 Å². The van der Waals surface area contributed by atoms with Crippen molar-refractivity contribution in [1.82, 2.24) is 16.0 Å². The van der Waals surface area contributed by atoms with Gasteiger partial charge in [-0.1, -0.05) is 34.1 Å². The molecule has 13 nitrogen and oxygen atoms in total. The molecule has 0 aromatic heterocycles. The molecular weight excluding hydrogens is 426 g/mol. The normalized spacial score (nSPS) is 15.6. The van der Waals surface area contributed by atoms with Gasteiger partial charge in [0, 0.05) is 0 Å². The molecule has 0 saturated carbocycles. The summed E-state index contributed by atoms with van der Waals surface area (Å²) in [5, 5.41) is 25.0. The fourth-order valence-electron chi connectivity index (χ4n) is 2.69. The molecule has 13 heteroatoms. The highest BCUT2D eigenvalue weighted by Crippen LogP contribution is 2.11. The van der Waals surface area contributed by atoms with E-state index >= 15 is 0 Å². The standard InChI is InChI=1S/C19H33N5O8/c1-5-9(4)15(24-16(28)10(20)6-12(21)25)18(30)23-14(8(2)3)17(29)22-11(19(31)32)7-13(26)27/h8-11,14-15H,5-7,20H2,1-4H3,(H2,21,25)(H,22,29)(H,23,30)(H,24,28)(H,26,27)(H,31,32). The summed E-state index contributed by atoms with van der Waals surface area (Å²) in [7, 11) is 0. The number of primary amides is 1. The third kappa shape index (κ3) is 9.73. The second-order valence-corrected chi connectivity index (χ2v) is 7.88.